The van der Waals surface area contributed by atoms with Crippen LogP contribution in [0.3, 0.4) is 0 Å². The summed E-state index contributed by atoms with van der Waals surface area (Å²) in [6, 6.07) is 35.4. The Hall–Kier alpha value is -2.86. The molecule has 6 aromatic rings. The van der Waals surface area contributed by atoms with Crippen LogP contribution in [-0.4, -0.2) is 54.1 Å². The van der Waals surface area contributed by atoms with Gasteiger partial charge in [-0.15, -0.1) is 0 Å². The van der Waals surface area contributed by atoms with E-state index in [0.29, 0.717) is 0 Å². The van der Waals surface area contributed by atoms with Crippen LogP contribution in [0.4, 0.5) is 0 Å². The maximum absolute atomic E-state index is 3.48. The van der Waals surface area contributed by atoms with E-state index >= 15 is 0 Å². The Balaban J connectivity index is 1.35. The van der Waals surface area contributed by atoms with Gasteiger partial charge < -0.3 is 0 Å². The molecular weight excluding hydrogens is 672 g/mol. The van der Waals surface area contributed by atoms with Crippen molar-refractivity contribution in [3.8, 4) is 0 Å². The number of H-pyrrole nitrogens is 4. The van der Waals surface area contributed by atoms with Crippen LogP contribution in [0.2, 0.25) is 0 Å². The normalized spacial score (nSPS) is 11.5. The van der Waals surface area contributed by atoms with Crippen molar-refractivity contribution < 1.29 is 0 Å². The van der Waals surface area contributed by atoms with Gasteiger partial charge in [0.05, 0.1) is 0 Å². The van der Waals surface area contributed by atoms with Crippen molar-refractivity contribution in [2.75, 3.05) is 0 Å². The van der Waals surface area contributed by atoms with E-state index in [1.54, 1.807) is 7.22 Å². The average Bonchev–Trinajstić information content (AvgIpc) is 3.74. The van der Waals surface area contributed by atoms with Crippen LogP contribution >= 0.6 is 0 Å². The summed E-state index contributed by atoms with van der Waals surface area (Å²) in [5.41, 5.74) is 7.79. The van der Waals surface area contributed by atoms with Crippen molar-refractivity contribution >= 4 is 41.3 Å². The molecule has 0 aliphatic heterocycles. The minimum atomic E-state index is -0.364. The summed E-state index contributed by atoms with van der Waals surface area (Å²) in [4.78, 5) is 13.9. The van der Waals surface area contributed by atoms with Gasteiger partial charge in [0, 0.05) is 0 Å². The summed E-state index contributed by atoms with van der Waals surface area (Å²) >= 11 is -0.727. The van der Waals surface area contributed by atoms with Gasteiger partial charge in [-0.3, -0.25) is 0 Å². The standard InChI is InChI=1S/C30H26N4Te2/c1-3-15-27(21(9-1)29(23-11-5-17-31-23)24-12-6-18-32-24)35-36-28-16-4-2-10-22(28)30(25-13-7-19-33-25)26-14-8-20-34-26/h1-20,29-34H. The van der Waals surface area contributed by atoms with E-state index in [1.165, 1.54) is 33.9 Å². The molecular formula is C30H26N4Te2. The average molecular weight is 698 g/mol. The van der Waals surface area contributed by atoms with E-state index in [9.17, 15) is 0 Å². The molecule has 0 radical (unpaired) electrons. The first-order chi connectivity index (χ1) is 17.9. The molecule has 4 heterocycles. The molecule has 0 spiro atoms. The summed E-state index contributed by atoms with van der Waals surface area (Å²) in [5.74, 6) is 0.397. The van der Waals surface area contributed by atoms with Gasteiger partial charge in [-0.2, -0.15) is 0 Å². The second-order valence-corrected chi connectivity index (χ2v) is 18.5. The Morgan fingerprint density at radius 3 is 1.03 bits per heavy atom. The molecule has 4 N–H and O–H groups in total. The zero-order chi connectivity index (χ0) is 24.2. The Bertz CT molecular complexity index is 1300. The van der Waals surface area contributed by atoms with Gasteiger partial charge >= 0.3 is 229 Å². The van der Waals surface area contributed by atoms with E-state index in [1.807, 2.05) is 24.8 Å². The number of hydrogen-bond donors (Lipinski definition) is 4. The zero-order valence-corrected chi connectivity index (χ0v) is 24.2. The van der Waals surface area contributed by atoms with Crippen LogP contribution in [-0.2, 0) is 0 Å². The predicted molar refractivity (Wildman–Crippen MR) is 149 cm³/mol. The number of benzene rings is 2. The first-order valence-corrected chi connectivity index (χ1v) is 21.6. The Morgan fingerprint density at radius 2 is 0.722 bits per heavy atom. The summed E-state index contributed by atoms with van der Waals surface area (Å²) in [7, 11) is 0. The summed E-state index contributed by atoms with van der Waals surface area (Å²) in [5, 5.41) is 0. The molecule has 6 heteroatoms. The number of aromatic nitrogens is 4. The van der Waals surface area contributed by atoms with E-state index in [2.05, 4.69) is 117 Å². The molecule has 178 valence electrons. The Morgan fingerprint density at radius 1 is 0.389 bits per heavy atom. The molecule has 6 rings (SSSR count). The first kappa shape index (κ1) is 23.5. The molecule has 0 aliphatic carbocycles. The molecule has 0 amide bonds. The second-order valence-electron chi connectivity index (χ2n) is 8.61. The molecule has 0 atom stereocenters. The fraction of sp³-hybridized carbons (Fsp3) is 0.0667. The van der Waals surface area contributed by atoms with Crippen LogP contribution in [0, 0.1) is 0 Å². The molecule has 0 saturated heterocycles. The van der Waals surface area contributed by atoms with Gasteiger partial charge in [0.1, 0.15) is 0 Å². The molecule has 36 heavy (non-hydrogen) atoms. The SMILES string of the molecule is c1c[nH]c(C(c2ccc[nH]2)c2ccccc2[Te][Te]c2ccccc2C(c2ccc[nH]2)c2ccc[nH]2)c1. The monoisotopic (exact) mass is 702 g/mol. The van der Waals surface area contributed by atoms with Crippen molar-refractivity contribution in [2.24, 2.45) is 0 Å². The maximum atomic E-state index is 3.48. The van der Waals surface area contributed by atoms with Crippen LogP contribution in [0.1, 0.15) is 45.7 Å². The molecule has 0 saturated carbocycles. The number of rotatable bonds is 9. The fourth-order valence-electron chi connectivity index (χ4n) is 4.78. The van der Waals surface area contributed by atoms with Gasteiger partial charge in [0.25, 0.3) is 0 Å². The second kappa shape index (κ2) is 11.0. The van der Waals surface area contributed by atoms with E-state index in [4.69, 9.17) is 0 Å². The van der Waals surface area contributed by atoms with Crippen molar-refractivity contribution in [3.63, 3.8) is 0 Å². The summed E-state index contributed by atoms with van der Waals surface area (Å²) in [6.07, 6.45) is 8.10. The first-order valence-electron chi connectivity index (χ1n) is 11.9. The predicted octanol–water partition coefficient (Wildman–Crippen LogP) is 4.63. The van der Waals surface area contributed by atoms with Crippen LogP contribution in [0.15, 0.2) is 122 Å². The molecule has 0 fully saturated rings. The van der Waals surface area contributed by atoms with Crippen molar-refractivity contribution in [1.29, 1.82) is 0 Å². The van der Waals surface area contributed by atoms with E-state index < -0.39 is 0 Å². The Labute approximate surface area is 227 Å². The van der Waals surface area contributed by atoms with Gasteiger partial charge in [0.2, 0.25) is 0 Å². The number of aromatic amines is 4. The van der Waals surface area contributed by atoms with Gasteiger partial charge in [-0.1, -0.05) is 0 Å². The molecule has 2 aromatic carbocycles. The Kier molecular flexibility index (Phi) is 7.21. The third-order valence-electron chi connectivity index (χ3n) is 6.41. The summed E-state index contributed by atoms with van der Waals surface area (Å²) < 4.78 is 3.12. The van der Waals surface area contributed by atoms with Crippen LogP contribution in [0.25, 0.3) is 0 Å². The van der Waals surface area contributed by atoms with Crippen molar-refractivity contribution in [2.45, 2.75) is 11.8 Å². The number of hydrogen-bond acceptors (Lipinski definition) is 0. The molecule has 0 unspecified atom stereocenters. The molecule has 4 nitrogen and oxygen atoms in total. The zero-order valence-electron chi connectivity index (χ0n) is 19.5. The van der Waals surface area contributed by atoms with Gasteiger partial charge in [0.15, 0.2) is 0 Å². The number of nitrogens with one attached hydrogen (secondary N) is 4. The fourth-order valence-corrected chi connectivity index (χ4v) is 16.9. The van der Waals surface area contributed by atoms with E-state index in [-0.39, 0.29) is 46.0 Å². The molecule has 4 aromatic heterocycles. The van der Waals surface area contributed by atoms with Gasteiger partial charge in [-0.05, 0) is 0 Å². The van der Waals surface area contributed by atoms with Crippen molar-refractivity contribution in [3.05, 3.63) is 156 Å². The topological polar surface area (TPSA) is 63.2 Å². The quantitative estimate of drug-likeness (QED) is 0.160. The minimum absolute atomic E-state index is 0.199. The molecule has 0 aliphatic rings. The van der Waals surface area contributed by atoms with E-state index in [0.717, 1.165) is 0 Å². The van der Waals surface area contributed by atoms with Crippen LogP contribution < -0.4 is 7.22 Å². The van der Waals surface area contributed by atoms with Gasteiger partial charge in [-0.25, -0.2) is 0 Å². The third-order valence-corrected chi connectivity index (χ3v) is 18.3. The summed E-state index contributed by atoms with van der Waals surface area (Å²) in [6.45, 7) is 0. The van der Waals surface area contributed by atoms with Crippen molar-refractivity contribution in [1.82, 2.24) is 19.9 Å². The third kappa shape index (κ3) is 4.88. The van der Waals surface area contributed by atoms with Crippen LogP contribution in [0.5, 0.6) is 0 Å². The molecule has 0 bridgehead atoms.